The van der Waals surface area contributed by atoms with E-state index in [1.165, 1.54) is 0 Å². The molecule has 5 nitrogen and oxygen atoms in total. The molecule has 2 fully saturated rings. The fourth-order valence-electron chi connectivity index (χ4n) is 4.40. The maximum absolute atomic E-state index is 12.8. The van der Waals surface area contributed by atoms with Crippen LogP contribution in [0.25, 0.3) is 11.1 Å². The highest BCUT2D eigenvalue weighted by Crippen LogP contribution is 2.45. The van der Waals surface area contributed by atoms with Crippen LogP contribution in [0.15, 0.2) is 54.6 Å². The van der Waals surface area contributed by atoms with Crippen molar-refractivity contribution in [1.29, 1.82) is 0 Å². The Morgan fingerprint density at radius 2 is 1.62 bits per heavy atom. The number of likely N-dealkylation sites (N-methyl/N-ethyl adjacent to an activating group) is 1. The molecule has 2 amide bonds. The molecule has 5 heteroatoms. The Bertz CT molecular complexity index is 877. The minimum absolute atomic E-state index is 0.0190. The molecule has 2 aliphatic rings. The highest BCUT2D eigenvalue weighted by molar-refractivity contribution is 5.83. The number of aliphatic hydroxyl groups is 1. The first-order chi connectivity index (χ1) is 14.0. The summed E-state index contributed by atoms with van der Waals surface area (Å²) in [5, 5.41) is 10.1. The Hall–Kier alpha value is -2.66. The van der Waals surface area contributed by atoms with E-state index in [1.807, 2.05) is 23.1 Å². The van der Waals surface area contributed by atoms with Crippen LogP contribution in [0, 0.1) is 5.92 Å². The Kier molecular flexibility index (Phi) is 5.41. The zero-order valence-corrected chi connectivity index (χ0v) is 17.0. The molecule has 1 heterocycles. The molecule has 2 aromatic rings. The van der Waals surface area contributed by atoms with Crippen molar-refractivity contribution in [3.8, 4) is 11.1 Å². The van der Waals surface area contributed by atoms with Crippen LogP contribution in [0.1, 0.15) is 31.2 Å². The highest BCUT2D eigenvalue weighted by atomic mass is 16.3. The molecule has 1 saturated heterocycles. The minimum Gasteiger partial charge on any atom is -0.394 e. The van der Waals surface area contributed by atoms with Crippen molar-refractivity contribution in [2.45, 2.75) is 37.8 Å². The van der Waals surface area contributed by atoms with E-state index in [4.69, 9.17) is 0 Å². The van der Waals surface area contributed by atoms with Crippen molar-refractivity contribution < 1.29 is 14.7 Å². The fourth-order valence-corrected chi connectivity index (χ4v) is 4.40. The van der Waals surface area contributed by atoms with Crippen LogP contribution >= 0.6 is 0 Å². The van der Waals surface area contributed by atoms with Crippen molar-refractivity contribution in [3.63, 3.8) is 0 Å². The lowest BCUT2D eigenvalue weighted by Gasteiger charge is -2.56. The Balaban J connectivity index is 1.60. The van der Waals surface area contributed by atoms with Gasteiger partial charge in [-0.05, 0) is 29.5 Å². The minimum atomic E-state index is -0.226. The summed E-state index contributed by atoms with van der Waals surface area (Å²) in [6, 6.07) is 18.2. The average molecular weight is 392 g/mol. The second kappa shape index (κ2) is 7.99. The summed E-state index contributed by atoms with van der Waals surface area (Å²) in [7, 11) is 1.77. The number of aliphatic hydroxyl groups excluding tert-OH is 1. The topological polar surface area (TPSA) is 60.9 Å². The number of likely N-dealkylation sites (tertiary alicyclic amines) is 1. The van der Waals surface area contributed by atoms with E-state index in [2.05, 4.69) is 36.4 Å². The normalized spacial score (nSPS) is 23.4. The molecule has 1 saturated carbocycles. The third kappa shape index (κ3) is 3.79. The summed E-state index contributed by atoms with van der Waals surface area (Å²) in [6.45, 7) is 1.96. The van der Waals surface area contributed by atoms with Crippen LogP contribution in [0.5, 0.6) is 0 Å². The van der Waals surface area contributed by atoms with Gasteiger partial charge in [-0.3, -0.25) is 9.59 Å². The zero-order chi connectivity index (χ0) is 20.5. The number of hydrogen-bond acceptors (Lipinski definition) is 3. The van der Waals surface area contributed by atoms with Gasteiger partial charge in [0.15, 0.2) is 0 Å². The predicted octanol–water partition coefficient (Wildman–Crippen LogP) is 2.90. The number of nitrogens with zero attached hydrogens (tertiary/aromatic N) is 2. The summed E-state index contributed by atoms with van der Waals surface area (Å²) < 4.78 is 0. The smallest absolute Gasteiger partial charge is 0.226 e. The second-order valence-electron chi connectivity index (χ2n) is 8.25. The molecular formula is C24H28N2O3. The van der Waals surface area contributed by atoms with Crippen LogP contribution in [0.3, 0.4) is 0 Å². The molecule has 1 N–H and O–H groups in total. The third-order valence-electron chi connectivity index (χ3n) is 6.31. The maximum atomic E-state index is 12.8. The highest BCUT2D eigenvalue weighted by Gasteiger charge is 2.53. The van der Waals surface area contributed by atoms with Gasteiger partial charge in [0, 0.05) is 32.4 Å². The van der Waals surface area contributed by atoms with E-state index in [1.54, 1.807) is 18.9 Å². The van der Waals surface area contributed by atoms with Gasteiger partial charge < -0.3 is 14.9 Å². The van der Waals surface area contributed by atoms with Crippen LogP contribution in [-0.4, -0.2) is 59.0 Å². The summed E-state index contributed by atoms with van der Waals surface area (Å²) in [5.74, 6) is 0.225. The monoisotopic (exact) mass is 392 g/mol. The number of benzene rings is 2. The first-order valence-electron chi connectivity index (χ1n) is 10.3. The number of carbonyl (C=O) groups is 2. The second-order valence-corrected chi connectivity index (χ2v) is 8.25. The lowest BCUT2D eigenvalue weighted by atomic mass is 9.74. The summed E-state index contributed by atoms with van der Waals surface area (Å²) in [4.78, 5) is 28.2. The van der Waals surface area contributed by atoms with Gasteiger partial charge in [0.05, 0.1) is 18.7 Å². The molecular weight excluding hydrogens is 364 g/mol. The lowest BCUT2D eigenvalue weighted by Crippen LogP contribution is -2.68. The molecule has 4 rings (SSSR count). The SMILES string of the molecule is CC(=O)N(C)C[C@H]1[C@@H](c2ccc(-c3ccccc3)cc2)[C@@H](CO)N1C(=O)C1CC1. The van der Waals surface area contributed by atoms with Gasteiger partial charge >= 0.3 is 0 Å². The number of carbonyl (C=O) groups excluding carboxylic acids is 2. The van der Waals surface area contributed by atoms with E-state index in [-0.39, 0.29) is 42.3 Å². The molecule has 0 aromatic heterocycles. The van der Waals surface area contributed by atoms with Crippen molar-refractivity contribution in [2.75, 3.05) is 20.2 Å². The van der Waals surface area contributed by atoms with Crippen LogP contribution in [0.2, 0.25) is 0 Å². The van der Waals surface area contributed by atoms with Gasteiger partial charge in [-0.25, -0.2) is 0 Å². The summed E-state index contributed by atoms with van der Waals surface area (Å²) >= 11 is 0. The standard InChI is InChI=1S/C24H28N2O3/c1-16(28)25(2)14-21-23(22(15-27)26(21)24(29)20-12-13-20)19-10-8-18(9-11-19)17-6-4-3-5-7-17/h3-11,20-23,27H,12-15H2,1-2H3/t21-,22+,23+/m0/s1. The third-order valence-corrected chi connectivity index (χ3v) is 6.31. The maximum Gasteiger partial charge on any atom is 0.226 e. The Labute approximate surface area is 171 Å². The quantitative estimate of drug-likeness (QED) is 0.822. The van der Waals surface area contributed by atoms with Crippen LogP contribution in [-0.2, 0) is 9.59 Å². The van der Waals surface area contributed by atoms with Crippen molar-refractivity contribution in [2.24, 2.45) is 5.92 Å². The average Bonchev–Trinajstić information content (AvgIpc) is 3.57. The van der Waals surface area contributed by atoms with Gasteiger partial charge in [0.1, 0.15) is 0 Å². The summed E-state index contributed by atoms with van der Waals surface area (Å²) in [5.41, 5.74) is 3.40. The Morgan fingerprint density at radius 1 is 1.00 bits per heavy atom. The van der Waals surface area contributed by atoms with E-state index in [0.717, 1.165) is 29.5 Å². The molecule has 1 aliphatic heterocycles. The van der Waals surface area contributed by atoms with E-state index in [9.17, 15) is 14.7 Å². The molecule has 3 atom stereocenters. The molecule has 152 valence electrons. The predicted molar refractivity (Wildman–Crippen MR) is 112 cm³/mol. The molecule has 0 spiro atoms. The van der Waals surface area contributed by atoms with E-state index >= 15 is 0 Å². The number of amides is 2. The lowest BCUT2D eigenvalue weighted by molar-refractivity contribution is -0.155. The van der Waals surface area contributed by atoms with E-state index in [0.29, 0.717) is 6.54 Å². The first kappa shape index (κ1) is 19.6. The van der Waals surface area contributed by atoms with Crippen molar-refractivity contribution >= 4 is 11.8 Å². The molecule has 0 bridgehead atoms. The number of hydrogen-bond donors (Lipinski definition) is 1. The fraction of sp³-hybridized carbons (Fsp3) is 0.417. The van der Waals surface area contributed by atoms with Gasteiger partial charge in [-0.15, -0.1) is 0 Å². The largest absolute Gasteiger partial charge is 0.394 e. The van der Waals surface area contributed by atoms with Gasteiger partial charge in [-0.2, -0.15) is 0 Å². The molecule has 1 aliphatic carbocycles. The van der Waals surface area contributed by atoms with Gasteiger partial charge in [0.25, 0.3) is 0 Å². The van der Waals surface area contributed by atoms with Gasteiger partial charge in [0.2, 0.25) is 11.8 Å². The van der Waals surface area contributed by atoms with Crippen LogP contribution in [0.4, 0.5) is 0 Å². The number of rotatable bonds is 6. The van der Waals surface area contributed by atoms with E-state index < -0.39 is 0 Å². The molecule has 29 heavy (non-hydrogen) atoms. The van der Waals surface area contributed by atoms with Crippen LogP contribution < -0.4 is 0 Å². The molecule has 0 radical (unpaired) electrons. The first-order valence-corrected chi connectivity index (χ1v) is 10.3. The Morgan fingerprint density at radius 3 is 2.17 bits per heavy atom. The summed E-state index contributed by atoms with van der Waals surface area (Å²) in [6.07, 6.45) is 1.86. The van der Waals surface area contributed by atoms with Crippen molar-refractivity contribution in [3.05, 3.63) is 60.2 Å². The molecule has 0 unspecified atom stereocenters. The zero-order valence-electron chi connectivity index (χ0n) is 17.0. The van der Waals surface area contributed by atoms with Crippen molar-refractivity contribution in [1.82, 2.24) is 9.80 Å². The molecule has 2 aromatic carbocycles. The van der Waals surface area contributed by atoms with Gasteiger partial charge in [-0.1, -0.05) is 54.6 Å².